The molecule has 0 radical (unpaired) electrons. The van der Waals surface area contributed by atoms with Crippen LogP contribution in [0.25, 0.3) is 0 Å². The summed E-state index contributed by atoms with van der Waals surface area (Å²) in [6.45, 7) is 35.6. The Kier molecular flexibility index (Phi) is 41.6. The molecule has 0 aliphatic carbocycles. The number of carbonyl (C=O) groups is 5. The maximum absolute atomic E-state index is 15.7. The first-order chi connectivity index (χ1) is 37.9. The molecule has 0 saturated heterocycles. The molecule has 10 atom stereocenters. The van der Waals surface area contributed by atoms with Crippen LogP contribution in [0.1, 0.15) is 311 Å². The van der Waals surface area contributed by atoms with Crippen LogP contribution in [0.5, 0.6) is 0 Å². The second-order valence-corrected chi connectivity index (χ2v) is 26.5. The minimum Gasteiger partial charge on any atom is -0.465 e. The van der Waals surface area contributed by atoms with Crippen molar-refractivity contribution < 1.29 is 47.7 Å². The van der Waals surface area contributed by atoms with Gasteiger partial charge in [0.2, 0.25) is 0 Å². The quantitative estimate of drug-likeness (QED) is 0.0454. The number of aromatic nitrogens is 1. The molecular formula is C71H131NO10. The Balaban J connectivity index is 0. The van der Waals surface area contributed by atoms with Crippen molar-refractivity contribution in [3.05, 3.63) is 30.1 Å². The van der Waals surface area contributed by atoms with Crippen molar-refractivity contribution in [1.29, 1.82) is 0 Å². The Labute approximate surface area is 505 Å². The molecule has 1 aromatic rings. The lowest BCUT2D eigenvalue weighted by molar-refractivity contribution is -0.176. The molecule has 480 valence electrons. The Morgan fingerprint density at radius 3 is 0.902 bits per heavy atom. The van der Waals surface area contributed by atoms with Crippen LogP contribution in [0, 0.1) is 56.7 Å². The van der Waals surface area contributed by atoms with E-state index < -0.39 is 51.0 Å². The smallest absolute Gasteiger partial charge is 0.311 e. The van der Waals surface area contributed by atoms with E-state index in [4.69, 9.17) is 23.7 Å². The minimum atomic E-state index is -1.55. The highest BCUT2D eigenvalue weighted by Gasteiger charge is 2.56. The molecule has 0 N–H and O–H groups in total. The summed E-state index contributed by atoms with van der Waals surface area (Å²) in [5.41, 5.74) is -5.91. The summed E-state index contributed by atoms with van der Waals surface area (Å²) in [5, 5.41) is 0. The van der Waals surface area contributed by atoms with Crippen molar-refractivity contribution in [2.24, 2.45) is 56.7 Å². The van der Waals surface area contributed by atoms with Crippen molar-refractivity contribution in [2.45, 2.75) is 305 Å². The van der Waals surface area contributed by atoms with Crippen molar-refractivity contribution in [1.82, 2.24) is 4.98 Å². The number of carbonyl (C=O) groups excluding carboxylic acids is 5. The lowest BCUT2D eigenvalue weighted by atomic mass is 9.59. The second kappa shape index (κ2) is 42.3. The van der Waals surface area contributed by atoms with Crippen LogP contribution >= 0.6 is 0 Å². The van der Waals surface area contributed by atoms with Crippen molar-refractivity contribution in [3.8, 4) is 0 Å². The molecule has 82 heavy (non-hydrogen) atoms. The highest BCUT2D eigenvalue weighted by Crippen LogP contribution is 2.53. The average Bonchev–Trinajstić information content (AvgIpc) is 3.56. The average molecular weight is 1160 g/mol. The van der Waals surface area contributed by atoms with Crippen molar-refractivity contribution in [3.63, 3.8) is 0 Å². The Bertz CT molecular complexity index is 1870. The van der Waals surface area contributed by atoms with E-state index in [-0.39, 0.29) is 115 Å². The SMILES string of the molecule is C.C.CCCCC(CC)COC(=O)C(C)(C)CC(C)(CC(C)(CC(C)(CC(C)(CC(CC)c1ccncc1)C(=O)OCC(CC)CCCC)C(=O)OCC(CC)CCCC)C(=O)OCC(CC)CCCC)C(=O)OCC(CC)CCCC. The number of hydrogen-bond acceptors (Lipinski definition) is 11. The second-order valence-electron chi connectivity index (χ2n) is 26.5. The van der Waals surface area contributed by atoms with Gasteiger partial charge in [-0.3, -0.25) is 29.0 Å². The Morgan fingerprint density at radius 2 is 0.634 bits per heavy atom. The van der Waals surface area contributed by atoms with Crippen LogP contribution in [-0.2, 0) is 47.7 Å². The first kappa shape index (κ1) is 80.6. The monoisotopic (exact) mass is 1160 g/mol. The number of rotatable bonds is 47. The van der Waals surface area contributed by atoms with Gasteiger partial charge in [0, 0.05) is 12.4 Å². The van der Waals surface area contributed by atoms with Gasteiger partial charge in [-0.1, -0.05) is 187 Å². The molecule has 0 bridgehead atoms. The first-order valence-electron chi connectivity index (χ1n) is 32.7. The van der Waals surface area contributed by atoms with Gasteiger partial charge in [0.25, 0.3) is 0 Å². The van der Waals surface area contributed by atoms with E-state index in [0.717, 1.165) is 134 Å². The lowest BCUT2D eigenvalue weighted by Gasteiger charge is -2.45. The third-order valence-electron chi connectivity index (χ3n) is 18.0. The predicted octanol–water partition coefficient (Wildman–Crippen LogP) is 19.6. The summed E-state index contributed by atoms with van der Waals surface area (Å²) in [4.78, 5) is 80.8. The third-order valence-corrected chi connectivity index (χ3v) is 18.0. The first-order valence-corrected chi connectivity index (χ1v) is 32.7. The standard InChI is InChI=1S/C69H123NO10.2CH4/c1-18-29-34-53(23-6)44-76-60(71)65(12,13)49-67(15,62(73)78-46-55(25-8)36-31-20-3)51-69(17,64(75)80-48-57(27-10)38-33-22-5)52-68(16,63(74)79-47-56(26-9)37-32-21-4)50-66(14,43-58(28-11)59-39-41-70-42-40-59)61(72)77-45-54(24-7)35-30-19-2;;/h39-42,53-58H,18-38,43-52H2,1-17H3;2*1H4. The molecule has 0 saturated carbocycles. The highest BCUT2D eigenvalue weighted by molar-refractivity contribution is 5.85. The van der Waals surface area contributed by atoms with E-state index >= 15 is 19.2 Å². The summed E-state index contributed by atoms with van der Waals surface area (Å²) < 4.78 is 32.0. The molecule has 1 rings (SSSR count). The lowest BCUT2D eigenvalue weighted by Crippen LogP contribution is -2.49. The van der Waals surface area contributed by atoms with Crippen LogP contribution in [0.4, 0.5) is 0 Å². The Morgan fingerprint density at radius 1 is 0.378 bits per heavy atom. The molecule has 0 spiro atoms. The summed E-state index contributed by atoms with van der Waals surface area (Å²) in [6, 6.07) is 3.98. The highest BCUT2D eigenvalue weighted by atomic mass is 16.6. The predicted molar refractivity (Wildman–Crippen MR) is 341 cm³/mol. The summed E-state index contributed by atoms with van der Waals surface area (Å²) >= 11 is 0. The summed E-state index contributed by atoms with van der Waals surface area (Å²) in [7, 11) is 0. The molecule has 11 heteroatoms. The summed E-state index contributed by atoms with van der Waals surface area (Å²) in [5.74, 6) is -1.67. The molecule has 10 unspecified atom stereocenters. The summed E-state index contributed by atoms with van der Waals surface area (Å²) in [6.07, 6.45) is 23.4. The Hall–Kier alpha value is -3.50. The van der Waals surface area contributed by atoms with E-state index in [1.165, 1.54) is 0 Å². The zero-order valence-corrected chi connectivity index (χ0v) is 54.7. The number of hydrogen-bond donors (Lipinski definition) is 0. The van der Waals surface area contributed by atoms with Crippen molar-refractivity contribution in [2.75, 3.05) is 33.0 Å². The van der Waals surface area contributed by atoms with E-state index in [0.29, 0.717) is 12.8 Å². The largest absolute Gasteiger partial charge is 0.465 e. The van der Waals surface area contributed by atoms with Gasteiger partial charge < -0.3 is 23.7 Å². The number of esters is 5. The molecule has 1 heterocycles. The van der Waals surface area contributed by atoms with Gasteiger partial charge in [-0.2, -0.15) is 0 Å². The number of pyridine rings is 1. The van der Waals surface area contributed by atoms with E-state index in [2.05, 4.69) is 81.1 Å². The zero-order chi connectivity index (χ0) is 60.4. The number of nitrogens with zero attached hydrogens (tertiary/aromatic N) is 1. The van der Waals surface area contributed by atoms with E-state index in [9.17, 15) is 4.79 Å². The van der Waals surface area contributed by atoms with E-state index in [1.807, 2.05) is 53.7 Å². The van der Waals surface area contributed by atoms with Gasteiger partial charge in [0.1, 0.15) is 0 Å². The minimum absolute atomic E-state index is 0. The third kappa shape index (κ3) is 28.1. The fourth-order valence-corrected chi connectivity index (χ4v) is 12.5. The van der Waals surface area contributed by atoms with Gasteiger partial charge in [0.15, 0.2) is 0 Å². The van der Waals surface area contributed by atoms with Gasteiger partial charge >= 0.3 is 29.8 Å². The number of unbranched alkanes of at least 4 members (excludes halogenated alkanes) is 5. The molecule has 0 aromatic carbocycles. The zero-order valence-electron chi connectivity index (χ0n) is 54.7. The van der Waals surface area contributed by atoms with Crippen LogP contribution in [0.15, 0.2) is 24.5 Å². The molecule has 0 amide bonds. The van der Waals surface area contributed by atoms with Gasteiger partial charge in [-0.25, -0.2) is 0 Å². The fraction of sp³-hybridized carbons (Fsp3) is 0.859. The molecular weight excluding hydrogens is 1030 g/mol. The normalized spacial score (nSPS) is 16.8. The number of ether oxygens (including phenoxy) is 5. The van der Waals surface area contributed by atoms with Crippen LogP contribution < -0.4 is 0 Å². The van der Waals surface area contributed by atoms with Crippen LogP contribution in [0.3, 0.4) is 0 Å². The topological polar surface area (TPSA) is 144 Å². The molecule has 11 nitrogen and oxygen atoms in total. The molecule has 1 aromatic heterocycles. The van der Waals surface area contributed by atoms with E-state index in [1.54, 1.807) is 12.4 Å². The van der Waals surface area contributed by atoms with Crippen LogP contribution in [-0.4, -0.2) is 67.9 Å². The molecule has 0 aliphatic heterocycles. The van der Waals surface area contributed by atoms with Gasteiger partial charge in [0.05, 0.1) is 60.1 Å². The van der Waals surface area contributed by atoms with Crippen LogP contribution in [0.2, 0.25) is 0 Å². The van der Waals surface area contributed by atoms with Gasteiger partial charge in [-0.15, -0.1) is 0 Å². The molecule has 0 aliphatic rings. The maximum Gasteiger partial charge on any atom is 0.311 e. The van der Waals surface area contributed by atoms with Gasteiger partial charge in [-0.05, 0) is 165 Å². The maximum atomic E-state index is 15.7. The molecule has 0 fully saturated rings. The fourth-order valence-electron chi connectivity index (χ4n) is 12.5. The van der Waals surface area contributed by atoms with Crippen molar-refractivity contribution >= 4 is 29.8 Å².